The summed E-state index contributed by atoms with van der Waals surface area (Å²) in [6, 6.07) is 4.27. The maximum absolute atomic E-state index is 13.9. The van der Waals surface area contributed by atoms with Crippen LogP contribution in [-0.4, -0.2) is 66.0 Å². The highest BCUT2D eigenvalue weighted by Gasteiger charge is 2.36. The van der Waals surface area contributed by atoms with E-state index < -0.39 is 47.5 Å². The van der Waals surface area contributed by atoms with Gasteiger partial charge in [0.05, 0.1) is 13.0 Å². The number of alkyl carbamates (subject to hydrolysis) is 1. The fourth-order valence-corrected chi connectivity index (χ4v) is 3.74. The summed E-state index contributed by atoms with van der Waals surface area (Å²) in [5.74, 6) is 0.205. The number of esters is 1. The zero-order valence-electron chi connectivity index (χ0n) is 23.4. The van der Waals surface area contributed by atoms with Gasteiger partial charge in [-0.25, -0.2) is 4.79 Å². The highest BCUT2D eigenvalue weighted by atomic mass is 16.6. The fraction of sp³-hybridized carbons (Fsp3) is 0.536. The zero-order chi connectivity index (χ0) is 29.6. The lowest BCUT2D eigenvalue weighted by atomic mass is 9.97. The number of benzene rings is 1. The van der Waals surface area contributed by atoms with Crippen LogP contribution < -0.4 is 16.4 Å². The minimum absolute atomic E-state index is 0.0260. The minimum atomic E-state index is -1.22. The molecule has 0 saturated heterocycles. The van der Waals surface area contributed by atoms with Crippen molar-refractivity contribution >= 4 is 29.8 Å². The Labute approximate surface area is 230 Å². The third-order valence-corrected chi connectivity index (χ3v) is 5.32. The number of rotatable bonds is 14. The van der Waals surface area contributed by atoms with E-state index in [1.807, 2.05) is 6.92 Å². The number of hydrogen-bond donors (Lipinski definition) is 3. The molecule has 0 aliphatic rings. The molecule has 0 aliphatic heterocycles. The summed E-state index contributed by atoms with van der Waals surface area (Å²) < 4.78 is 10.2. The maximum atomic E-state index is 13.9. The number of carbonyl (C=O) groups excluding carboxylic acids is 5. The molecule has 1 aromatic carbocycles. The standard InChI is InChI=1S/C28H40N4O7/c1-7-18-32(26(36)21(14-15-22(29)33)31-27(37)39-28(4,5)6)24(20-13-11-10-12-19(20)8-2)25(35)30-17-16-23(34)38-9-3/h2,10-13,21,24H,7,9,14-18H2,1,3-6H3,(H2,29,33)(H,30,35)(H,31,37). The average Bonchev–Trinajstić information content (AvgIpc) is 2.85. The molecule has 0 saturated carbocycles. The quantitative estimate of drug-likeness (QED) is 0.239. The lowest BCUT2D eigenvalue weighted by Crippen LogP contribution is -2.53. The van der Waals surface area contributed by atoms with Crippen molar-refractivity contribution in [3.63, 3.8) is 0 Å². The Kier molecular flexibility index (Phi) is 13.5. The van der Waals surface area contributed by atoms with Crippen LogP contribution in [0.4, 0.5) is 4.79 Å². The molecule has 39 heavy (non-hydrogen) atoms. The number of nitrogens with zero attached hydrogens (tertiary/aromatic N) is 1. The molecule has 0 bridgehead atoms. The summed E-state index contributed by atoms with van der Waals surface area (Å²) in [5.41, 5.74) is 5.26. The van der Waals surface area contributed by atoms with E-state index in [1.54, 1.807) is 52.0 Å². The number of nitrogens with two attached hydrogens (primary N) is 1. The van der Waals surface area contributed by atoms with Crippen LogP contribution in [0.3, 0.4) is 0 Å². The van der Waals surface area contributed by atoms with E-state index in [2.05, 4.69) is 16.6 Å². The summed E-state index contributed by atoms with van der Waals surface area (Å²) in [5, 5.41) is 5.21. The Morgan fingerprint density at radius 3 is 2.33 bits per heavy atom. The Hall–Kier alpha value is -4.07. The van der Waals surface area contributed by atoms with Crippen LogP contribution in [0.25, 0.3) is 0 Å². The largest absolute Gasteiger partial charge is 0.466 e. The Balaban J connectivity index is 3.46. The molecule has 4 amide bonds. The first-order chi connectivity index (χ1) is 18.3. The SMILES string of the molecule is C#Cc1ccccc1C(C(=O)NCCC(=O)OCC)N(CCC)C(=O)C(CCC(N)=O)NC(=O)OC(C)(C)C. The van der Waals surface area contributed by atoms with Crippen molar-refractivity contribution in [1.82, 2.24) is 15.5 Å². The second kappa shape index (κ2) is 16.0. The van der Waals surface area contributed by atoms with Crippen molar-refractivity contribution < 1.29 is 33.4 Å². The normalized spacial score (nSPS) is 12.3. The molecule has 0 fully saturated rings. The molecule has 0 aromatic heterocycles. The Bertz CT molecular complexity index is 1060. The number of terminal acetylenes is 1. The molecule has 11 heteroatoms. The van der Waals surface area contributed by atoms with E-state index in [-0.39, 0.29) is 39.0 Å². The minimum Gasteiger partial charge on any atom is -0.466 e. The van der Waals surface area contributed by atoms with E-state index in [1.165, 1.54) is 4.90 Å². The summed E-state index contributed by atoms with van der Waals surface area (Å²) >= 11 is 0. The molecular formula is C28H40N4O7. The Morgan fingerprint density at radius 1 is 1.10 bits per heavy atom. The first-order valence-electron chi connectivity index (χ1n) is 12.9. The number of nitrogens with one attached hydrogen (secondary N) is 2. The molecule has 0 aliphatic carbocycles. The molecule has 11 nitrogen and oxygen atoms in total. The third kappa shape index (κ3) is 11.5. The molecular weight excluding hydrogens is 504 g/mol. The first kappa shape index (κ1) is 33.0. The van der Waals surface area contributed by atoms with Crippen molar-refractivity contribution in [3.8, 4) is 12.3 Å². The molecule has 1 rings (SSSR count). The molecule has 0 radical (unpaired) electrons. The van der Waals surface area contributed by atoms with Crippen LogP contribution in [0.1, 0.15) is 77.5 Å². The van der Waals surface area contributed by atoms with Crippen molar-refractivity contribution in [2.24, 2.45) is 5.73 Å². The Morgan fingerprint density at radius 2 is 1.77 bits per heavy atom. The number of hydrogen-bond acceptors (Lipinski definition) is 7. The van der Waals surface area contributed by atoms with Gasteiger partial charge >= 0.3 is 12.1 Å². The van der Waals surface area contributed by atoms with E-state index in [9.17, 15) is 24.0 Å². The summed E-state index contributed by atoms with van der Waals surface area (Å²) in [6.45, 7) is 8.82. The zero-order valence-corrected chi connectivity index (χ0v) is 23.4. The highest BCUT2D eigenvalue weighted by molar-refractivity contribution is 5.93. The van der Waals surface area contributed by atoms with E-state index in [0.717, 1.165) is 0 Å². The predicted octanol–water partition coefficient (Wildman–Crippen LogP) is 2.18. The van der Waals surface area contributed by atoms with E-state index >= 15 is 0 Å². The number of amides is 4. The van der Waals surface area contributed by atoms with Gasteiger partial charge in [-0.1, -0.05) is 31.0 Å². The van der Waals surface area contributed by atoms with Gasteiger partial charge in [0, 0.05) is 25.1 Å². The van der Waals surface area contributed by atoms with Gasteiger partial charge in [-0.2, -0.15) is 0 Å². The van der Waals surface area contributed by atoms with Crippen LogP contribution in [0.15, 0.2) is 24.3 Å². The summed E-state index contributed by atoms with van der Waals surface area (Å²) in [7, 11) is 0. The number of primary amides is 1. The molecule has 2 unspecified atom stereocenters. The van der Waals surface area contributed by atoms with E-state index in [4.69, 9.17) is 21.6 Å². The monoisotopic (exact) mass is 544 g/mol. The summed E-state index contributed by atoms with van der Waals surface area (Å²) in [6.07, 6.45) is 4.95. The van der Waals surface area contributed by atoms with Gasteiger partial charge in [-0.15, -0.1) is 6.42 Å². The van der Waals surface area contributed by atoms with Crippen molar-refractivity contribution in [3.05, 3.63) is 35.4 Å². The maximum Gasteiger partial charge on any atom is 0.408 e. The molecule has 214 valence electrons. The third-order valence-electron chi connectivity index (χ3n) is 5.32. The van der Waals surface area contributed by atoms with Crippen molar-refractivity contribution in [2.75, 3.05) is 19.7 Å². The average molecular weight is 545 g/mol. The predicted molar refractivity (Wildman–Crippen MR) is 145 cm³/mol. The van der Waals surface area contributed by atoms with Crippen LogP contribution >= 0.6 is 0 Å². The second-order valence-electron chi connectivity index (χ2n) is 9.72. The lowest BCUT2D eigenvalue weighted by Gasteiger charge is -2.34. The highest BCUT2D eigenvalue weighted by Crippen LogP contribution is 2.26. The van der Waals surface area contributed by atoms with Gasteiger partial charge < -0.3 is 30.7 Å². The van der Waals surface area contributed by atoms with Crippen molar-refractivity contribution in [1.29, 1.82) is 0 Å². The molecule has 0 spiro atoms. The van der Waals surface area contributed by atoms with Crippen LogP contribution in [0, 0.1) is 12.3 Å². The van der Waals surface area contributed by atoms with Crippen LogP contribution in [0.5, 0.6) is 0 Å². The van der Waals surface area contributed by atoms with Gasteiger partial charge in [-0.3, -0.25) is 19.2 Å². The fourth-order valence-electron chi connectivity index (χ4n) is 3.74. The van der Waals surface area contributed by atoms with Gasteiger partial charge in [0.2, 0.25) is 17.7 Å². The smallest absolute Gasteiger partial charge is 0.408 e. The topological polar surface area (TPSA) is 157 Å². The van der Waals surface area contributed by atoms with E-state index in [0.29, 0.717) is 17.5 Å². The molecule has 2 atom stereocenters. The van der Waals surface area contributed by atoms with Gasteiger partial charge in [0.25, 0.3) is 0 Å². The van der Waals surface area contributed by atoms with Gasteiger partial charge in [0.15, 0.2) is 0 Å². The first-order valence-corrected chi connectivity index (χ1v) is 12.9. The van der Waals surface area contributed by atoms with Crippen LogP contribution in [-0.2, 0) is 28.7 Å². The summed E-state index contributed by atoms with van der Waals surface area (Å²) in [4.78, 5) is 64.7. The van der Waals surface area contributed by atoms with Crippen molar-refractivity contribution in [2.45, 2.75) is 78.0 Å². The van der Waals surface area contributed by atoms with Gasteiger partial charge in [-0.05, 0) is 52.2 Å². The second-order valence-corrected chi connectivity index (χ2v) is 9.72. The molecule has 0 heterocycles. The van der Waals surface area contributed by atoms with Crippen LogP contribution in [0.2, 0.25) is 0 Å². The van der Waals surface area contributed by atoms with Gasteiger partial charge in [0.1, 0.15) is 17.7 Å². The number of carbonyl (C=O) groups is 5. The lowest BCUT2D eigenvalue weighted by molar-refractivity contribution is -0.144. The molecule has 4 N–H and O–H groups in total. The number of ether oxygens (including phenoxy) is 2. The molecule has 1 aromatic rings.